The molecule has 0 aliphatic rings. The van der Waals surface area contributed by atoms with Crippen molar-refractivity contribution in [3.63, 3.8) is 0 Å². The van der Waals surface area contributed by atoms with Crippen LogP contribution in [0.25, 0.3) is 6.08 Å². The van der Waals surface area contributed by atoms with Gasteiger partial charge in [-0.25, -0.2) is 0 Å². The fourth-order valence-electron chi connectivity index (χ4n) is 0.884. The van der Waals surface area contributed by atoms with Crippen LogP contribution in [0.15, 0.2) is 47.1 Å². The lowest BCUT2D eigenvalue weighted by Crippen LogP contribution is -2.17. The molecule has 1 aromatic carbocycles. The van der Waals surface area contributed by atoms with Crippen molar-refractivity contribution in [1.29, 1.82) is 10.5 Å². The van der Waals surface area contributed by atoms with Gasteiger partial charge >= 0.3 is 0 Å². The summed E-state index contributed by atoms with van der Waals surface area (Å²) in [7, 11) is 0. The van der Waals surface area contributed by atoms with E-state index in [0.29, 0.717) is 0 Å². The normalized spacial score (nSPS) is 10.9. The van der Waals surface area contributed by atoms with Crippen LogP contribution in [0.4, 0.5) is 0 Å². The number of rotatable bonds is 3. The number of hydrogen-bond donors (Lipinski definition) is 0. The Kier molecular flexibility index (Phi) is 6.89. The summed E-state index contributed by atoms with van der Waals surface area (Å²) in [4.78, 5) is 0. The van der Waals surface area contributed by atoms with E-state index in [-0.39, 0.29) is 0 Å². The lowest BCUT2D eigenvalue weighted by atomic mass is 10.1. The molecule has 104 valence electrons. The Morgan fingerprint density at radius 3 is 1.60 bits per heavy atom. The second-order valence-electron chi connectivity index (χ2n) is 5.16. The number of nitrogens with zero attached hydrogens (tertiary/aromatic N) is 4. The molecule has 0 radical (unpaired) electrons. The molecule has 0 aliphatic heterocycles. The monoisotopic (exact) mass is 268 g/mol. The molecule has 1 aromatic rings. The Morgan fingerprint density at radius 1 is 0.950 bits per heavy atom. The van der Waals surface area contributed by atoms with Gasteiger partial charge in [0.1, 0.15) is 0 Å². The molecule has 1 rings (SSSR count). The Hall–Kier alpha value is -2.46. The Morgan fingerprint density at radius 2 is 1.35 bits per heavy atom. The van der Waals surface area contributed by atoms with Crippen LogP contribution in [-0.4, -0.2) is 11.1 Å². The largest absolute Gasteiger partial charge is 0.196 e. The summed E-state index contributed by atoms with van der Waals surface area (Å²) in [6.07, 6.45) is 1.83. The van der Waals surface area contributed by atoms with Crippen molar-refractivity contribution in [1.82, 2.24) is 0 Å². The third kappa shape index (κ3) is 7.79. The lowest BCUT2D eigenvalue weighted by Gasteiger charge is -2.11. The highest BCUT2D eigenvalue weighted by Gasteiger charge is 2.19. The first-order valence-electron chi connectivity index (χ1n) is 6.20. The van der Waals surface area contributed by atoms with Crippen LogP contribution >= 0.6 is 0 Å². The molecule has 0 heterocycles. The zero-order chi connectivity index (χ0) is 15.6. The maximum atomic E-state index is 8.58. The molecule has 4 nitrogen and oxygen atoms in total. The smallest absolute Gasteiger partial charge is 0.162 e. The molecule has 0 N–H and O–H groups in total. The molecule has 4 heteroatoms. The highest BCUT2D eigenvalue weighted by Crippen LogP contribution is 2.13. The van der Waals surface area contributed by atoms with Gasteiger partial charge in [0.25, 0.3) is 0 Å². The summed E-state index contributed by atoms with van der Waals surface area (Å²) >= 11 is 0. The van der Waals surface area contributed by atoms with E-state index in [2.05, 4.69) is 16.8 Å². The van der Waals surface area contributed by atoms with Crippen LogP contribution in [0.1, 0.15) is 33.3 Å². The molecule has 0 aliphatic carbocycles. The fraction of sp³-hybridized carbons (Fsp3) is 0.375. The quantitative estimate of drug-likeness (QED) is 0.763. The maximum Gasteiger partial charge on any atom is 0.162 e. The maximum absolute atomic E-state index is 8.58. The van der Waals surface area contributed by atoms with Crippen LogP contribution in [0.2, 0.25) is 0 Å². The van der Waals surface area contributed by atoms with E-state index in [1.165, 1.54) is 5.56 Å². The van der Waals surface area contributed by atoms with Crippen LogP contribution < -0.4 is 0 Å². The van der Waals surface area contributed by atoms with Gasteiger partial charge in [0, 0.05) is 0 Å². The number of azo groups is 1. The van der Waals surface area contributed by atoms with E-state index < -0.39 is 11.1 Å². The second-order valence-corrected chi connectivity index (χ2v) is 5.16. The van der Waals surface area contributed by atoms with Crippen molar-refractivity contribution in [2.75, 3.05) is 0 Å². The molecule has 0 amide bonds. The average Bonchev–Trinajstić information content (AvgIpc) is 2.47. The van der Waals surface area contributed by atoms with Gasteiger partial charge in [-0.3, -0.25) is 0 Å². The number of nitriles is 2. The molecule has 0 saturated heterocycles. The van der Waals surface area contributed by atoms with Crippen molar-refractivity contribution >= 4 is 6.08 Å². The van der Waals surface area contributed by atoms with E-state index in [4.69, 9.17) is 10.5 Å². The molecule has 0 spiro atoms. The number of benzene rings is 1. The number of hydrogen-bond acceptors (Lipinski definition) is 4. The Balaban J connectivity index is 0.000000388. The zero-order valence-electron chi connectivity index (χ0n) is 12.5. The third-order valence-corrected chi connectivity index (χ3v) is 2.13. The minimum atomic E-state index is -0.839. The first-order chi connectivity index (χ1) is 9.26. The molecule has 0 atom stereocenters. The Labute approximate surface area is 121 Å². The second kappa shape index (κ2) is 7.86. The minimum absolute atomic E-state index is 0.839. The predicted octanol–water partition coefficient (Wildman–Crippen LogP) is 4.37. The molecule has 0 saturated carbocycles. The summed E-state index contributed by atoms with van der Waals surface area (Å²) in [5.41, 5.74) is -0.505. The van der Waals surface area contributed by atoms with Gasteiger partial charge in [0.15, 0.2) is 11.1 Å². The van der Waals surface area contributed by atoms with Gasteiger partial charge in [-0.1, -0.05) is 43.0 Å². The van der Waals surface area contributed by atoms with Gasteiger partial charge in [-0.15, -0.1) is 0 Å². The summed E-state index contributed by atoms with van der Waals surface area (Å²) < 4.78 is 0. The third-order valence-electron chi connectivity index (χ3n) is 2.13. The van der Waals surface area contributed by atoms with E-state index in [1.807, 2.05) is 48.5 Å². The van der Waals surface area contributed by atoms with Gasteiger partial charge in [-0.05, 0) is 33.3 Å². The molecule has 0 unspecified atom stereocenters. The van der Waals surface area contributed by atoms with Crippen LogP contribution in [0.5, 0.6) is 0 Å². The average molecular weight is 268 g/mol. The van der Waals surface area contributed by atoms with Gasteiger partial charge in [-0.2, -0.15) is 20.8 Å². The van der Waals surface area contributed by atoms with Crippen LogP contribution in [0.3, 0.4) is 0 Å². The van der Waals surface area contributed by atoms with Crippen molar-refractivity contribution in [2.24, 2.45) is 10.2 Å². The molecule has 0 bridgehead atoms. The highest BCUT2D eigenvalue weighted by molar-refractivity contribution is 5.45. The topological polar surface area (TPSA) is 72.3 Å². The van der Waals surface area contributed by atoms with Gasteiger partial charge in [0.05, 0.1) is 12.1 Å². The summed E-state index contributed by atoms with van der Waals surface area (Å²) in [5.74, 6) is 0. The van der Waals surface area contributed by atoms with Crippen LogP contribution in [0, 0.1) is 22.7 Å². The molecule has 0 fully saturated rings. The zero-order valence-corrected chi connectivity index (χ0v) is 12.5. The minimum Gasteiger partial charge on any atom is -0.196 e. The first-order valence-corrected chi connectivity index (χ1v) is 6.20. The lowest BCUT2D eigenvalue weighted by molar-refractivity contribution is 0.541. The van der Waals surface area contributed by atoms with E-state index in [9.17, 15) is 0 Å². The molecule has 0 aromatic heterocycles. The molecular formula is C16H20N4. The van der Waals surface area contributed by atoms with E-state index in [1.54, 1.807) is 27.7 Å². The molecular weight excluding hydrogens is 248 g/mol. The van der Waals surface area contributed by atoms with Crippen molar-refractivity contribution < 1.29 is 0 Å². The van der Waals surface area contributed by atoms with Crippen molar-refractivity contribution in [3.8, 4) is 12.1 Å². The van der Waals surface area contributed by atoms with E-state index in [0.717, 1.165) is 0 Å². The fourth-order valence-corrected chi connectivity index (χ4v) is 0.884. The highest BCUT2D eigenvalue weighted by atomic mass is 15.2. The van der Waals surface area contributed by atoms with E-state index >= 15 is 0 Å². The van der Waals surface area contributed by atoms with Crippen molar-refractivity contribution in [2.45, 2.75) is 38.8 Å². The standard InChI is InChI=1S/C8H12N4.C8H8/c1-7(2,5-9)11-12-8(3,4)6-10;1-2-8-6-4-3-5-7-8/h1-4H3;2-7H,1H2. The van der Waals surface area contributed by atoms with Gasteiger partial charge < -0.3 is 0 Å². The van der Waals surface area contributed by atoms with Gasteiger partial charge in [0.2, 0.25) is 0 Å². The van der Waals surface area contributed by atoms with Crippen LogP contribution in [-0.2, 0) is 0 Å². The SMILES string of the molecule is C=Cc1ccccc1.CC(C)(C#N)N=NC(C)(C)C#N. The summed E-state index contributed by atoms with van der Waals surface area (Å²) in [5, 5.41) is 24.7. The molecule has 20 heavy (non-hydrogen) atoms. The van der Waals surface area contributed by atoms with Crippen molar-refractivity contribution in [3.05, 3.63) is 42.5 Å². The summed E-state index contributed by atoms with van der Waals surface area (Å²) in [6, 6.07) is 14.0. The first kappa shape index (κ1) is 17.5. The summed E-state index contributed by atoms with van der Waals surface area (Å²) in [6.45, 7) is 10.2. The Bertz CT molecular complexity index is 500. The predicted molar refractivity (Wildman–Crippen MR) is 80.8 cm³/mol.